The zero-order valence-electron chi connectivity index (χ0n) is 24.0. The minimum atomic E-state index is -0.728. The van der Waals surface area contributed by atoms with Crippen LogP contribution < -0.4 is 15.4 Å². The number of nitrogens with zero attached hydrogens (tertiary/aromatic N) is 4. The Balaban J connectivity index is 1.38. The molecule has 7 rings (SSSR count). The van der Waals surface area contributed by atoms with Crippen LogP contribution in [0, 0.1) is 17.0 Å². The van der Waals surface area contributed by atoms with Crippen LogP contribution in [0.4, 0.5) is 14.6 Å². The van der Waals surface area contributed by atoms with Crippen LogP contribution in [0.2, 0.25) is 0 Å². The number of anilines is 1. The molecule has 43 heavy (non-hydrogen) atoms. The highest BCUT2D eigenvalue weighted by atomic mass is 19.1. The van der Waals surface area contributed by atoms with Gasteiger partial charge in [0.15, 0.2) is 5.82 Å². The van der Waals surface area contributed by atoms with Crippen LogP contribution >= 0.6 is 0 Å². The van der Waals surface area contributed by atoms with E-state index in [1.807, 2.05) is 6.92 Å². The highest BCUT2D eigenvalue weighted by Crippen LogP contribution is 2.49. The number of phenols is 1. The number of primary amides is 1. The predicted octanol–water partition coefficient (Wildman–Crippen LogP) is 5.18. The summed E-state index contributed by atoms with van der Waals surface area (Å²) in [7, 11) is 0. The first-order valence-corrected chi connectivity index (χ1v) is 14.8. The lowest BCUT2D eigenvalue weighted by atomic mass is 9.86. The Labute approximate surface area is 247 Å². The van der Waals surface area contributed by atoms with Gasteiger partial charge in [0, 0.05) is 43.1 Å². The van der Waals surface area contributed by atoms with Crippen LogP contribution in [0.5, 0.6) is 11.8 Å². The molecular formula is C32H33F2N5O4. The Kier molecular flexibility index (Phi) is 6.61. The standard InChI is InChI=1S/C32H33F2N5O4/c1-2-20-23(33)5-4-18-12-19(40)13-21(25(18)20)27-26(34)28-22(15-36-27)29(39-10-3-6-32(16-39)9-11-43-32)38-30(37-28)42-17-31(7-8-31)14-24(35)41/h4-5,12-13,15,40H,2-3,6-11,14,16-17H2,1H3,(H2,35,41)/t32-/m0/s1. The summed E-state index contributed by atoms with van der Waals surface area (Å²) in [5.74, 6) is -1.13. The summed E-state index contributed by atoms with van der Waals surface area (Å²) in [5.41, 5.74) is 5.47. The molecular weight excluding hydrogens is 556 g/mol. The van der Waals surface area contributed by atoms with Gasteiger partial charge < -0.3 is 25.2 Å². The maximum Gasteiger partial charge on any atom is 0.319 e. The van der Waals surface area contributed by atoms with Gasteiger partial charge in [0.25, 0.3) is 0 Å². The van der Waals surface area contributed by atoms with Gasteiger partial charge in [0.1, 0.15) is 28.6 Å². The minimum Gasteiger partial charge on any atom is -0.508 e. The van der Waals surface area contributed by atoms with Crippen molar-refractivity contribution in [3.05, 3.63) is 47.7 Å². The van der Waals surface area contributed by atoms with Crippen molar-refractivity contribution in [2.45, 2.75) is 57.5 Å². The molecule has 0 radical (unpaired) electrons. The Morgan fingerprint density at radius 3 is 2.70 bits per heavy atom. The Bertz CT molecular complexity index is 1770. The van der Waals surface area contributed by atoms with E-state index >= 15 is 4.39 Å². The number of halogens is 2. The number of carbonyl (C=O) groups is 1. The van der Waals surface area contributed by atoms with Gasteiger partial charge in [-0.2, -0.15) is 9.97 Å². The normalized spacial score (nSPS) is 20.9. The molecule has 9 nitrogen and oxygen atoms in total. The van der Waals surface area contributed by atoms with Crippen LogP contribution in [-0.2, 0) is 16.0 Å². The number of hydrogen-bond acceptors (Lipinski definition) is 8. The molecule has 1 saturated carbocycles. The van der Waals surface area contributed by atoms with E-state index < -0.39 is 17.5 Å². The minimum absolute atomic E-state index is 0.00449. The van der Waals surface area contributed by atoms with Crippen molar-refractivity contribution in [2.75, 3.05) is 31.2 Å². The summed E-state index contributed by atoms with van der Waals surface area (Å²) >= 11 is 0. The third-order valence-corrected chi connectivity index (χ3v) is 9.22. The van der Waals surface area contributed by atoms with Crippen molar-refractivity contribution >= 4 is 33.4 Å². The molecule has 4 heterocycles. The van der Waals surface area contributed by atoms with Crippen molar-refractivity contribution < 1.29 is 28.2 Å². The second-order valence-corrected chi connectivity index (χ2v) is 12.2. The second-order valence-electron chi connectivity index (χ2n) is 12.2. The lowest BCUT2D eigenvalue weighted by Crippen LogP contribution is -2.56. The zero-order chi connectivity index (χ0) is 29.9. The molecule has 11 heteroatoms. The van der Waals surface area contributed by atoms with Crippen LogP contribution in [0.1, 0.15) is 51.0 Å². The molecule has 2 aliphatic heterocycles. The van der Waals surface area contributed by atoms with Crippen molar-refractivity contribution in [2.24, 2.45) is 11.1 Å². The SMILES string of the molecule is CCc1c(F)ccc2cc(O)cc(-c3ncc4c(N5CCC[C@]6(CCO6)C5)nc(OCC5(CC(N)=O)CC5)nc4c3F)c12. The number of phenolic OH excluding ortho intramolecular Hbond substituents is 1. The van der Waals surface area contributed by atoms with Crippen molar-refractivity contribution in [3.63, 3.8) is 0 Å². The van der Waals surface area contributed by atoms with Crippen LogP contribution in [0.25, 0.3) is 32.9 Å². The second kappa shape index (κ2) is 10.3. The van der Waals surface area contributed by atoms with Gasteiger partial charge in [-0.15, -0.1) is 0 Å². The van der Waals surface area contributed by atoms with E-state index in [1.54, 1.807) is 6.07 Å². The molecule has 0 unspecified atom stereocenters. The monoisotopic (exact) mass is 589 g/mol. The molecule has 0 bridgehead atoms. The largest absolute Gasteiger partial charge is 0.508 e. The van der Waals surface area contributed by atoms with Gasteiger partial charge in [-0.05, 0) is 66.6 Å². The summed E-state index contributed by atoms with van der Waals surface area (Å²) in [4.78, 5) is 27.4. The Morgan fingerprint density at radius 2 is 2.00 bits per heavy atom. The lowest BCUT2D eigenvalue weighted by Gasteiger charge is -2.48. The molecule has 1 amide bonds. The fraction of sp³-hybridized carbons (Fsp3) is 0.438. The first-order chi connectivity index (χ1) is 20.7. The average molecular weight is 590 g/mol. The third-order valence-electron chi connectivity index (χ3n) is 9.22. The van der Waals surface area contributed by atoms with Crippen molar-refractivity contribution in [3.8, 4) is 23.0 Å². The molecule has 2 aromatic carbocycles. The number of ether oxygens (including phenoxy) is 2. The molecule has 1 spiro atoms. The van der Waals surface area contributed by atoms with E-state index in [1.165, 1.54) is 24.4 Å². The van der Waals surface area contributed by atoms with Crippen LogP contribution in [0.3, 0.4) is 0 Å². The van der Waals surface area contributed by atoms with Gasteiger partial charge in [0.05, 0.1) is 24.2 Å². The zero-order valence-corrected chi connectivity index (χ0v) is 24.0. The van der Waals surface area contributed by atoms with Crippen molar-refractivity contribution in [1.82, 2.24) is 15.0 Å². The fourth-order valence-electron chi connectivity index (χ4n) is 6.67. The number of piperidine rings is 1. The first kappa shape index (κ1) is 27.7. The highest BCUT2D eigenvalue weighted by Gasteiger charge is 2.45. The number of aromatic hydroxyl groups is 1. The molecule has 1 aliphatic carbocycles. The summed E-state index contributed by atoms with van der Waals surface area (Å²) in [6.07, 6.45) is 6.48. The highest BCUT2D eigenvalue weighted by molar-refractivity contribution is 6.01. The fourth-order valence-corrected chi connectivity index (χ4v) is 6.67. The summed E-state index contributed by atoms with van der Waals surface area (Å²) in [6, 6.07) is 5.83. The van der Waals surface area contributed by atoms with Crippen molar-refractivity contribution in [1.29, 1.82) is 0 Å². The Hall–Kier alpha value is -4.12. The smallest absolute Gasteiger partial charge is 0.319 e. The molecule has 4 aromatic rings. The quantitative estimate of drug-likeness (QED) is 0.288. The number of benzene rings is 2. The predicted molar refractivity (Wildman–Crippen MR) is 157 cm³/mol. The number of fused-ring (bicyclic) bond motifs is 2. The van der Waals surface area contributed by atoms with Gasteiger partial charge in [-0.3, -0.25) is 9.78 Å². The van der Waals surface area contributed by atoms with Gasteiger partial charge in [0.2, 0.25) is 5.91 Å². The number of aromatic nitrogens is 3. The number of aryl methyl sites for hydroxylation is 1. The average Bonchev–Trinajstić information content (AvgIpc) is 3.74. The van der Waals surface area contributed by atoms with E-state index in [4.69, 9.17) is 20.2 Å². The van der Waals surface area contributed by atoms with Gasteiger partial charge in [-0.25, -0.2) is 8.78 Å². The molecule has 224 valence electrons. The first-order valence-electron chi connectivity index (χ1n) is 14.8. The number of rotatable bonds is 8. The van der Waals surface area contributed by atoms with Gasteiger partial charge >= 0.3 is 6.01 Å². The van der Waals surface area contributed by atoms with E-state index in [0.29, 0.717) is 53.7 Å². The van der Waals surface area contributed by atoms with E-state index in [2.05, 4.69) is 14.9 Å². The summed E-state index contributed by atoms with van der Waals surface area (Å²) < 4.78 is 43.6. The maximum atomic E-state index is 16.7. The molecule has 3 aliphatic rings. The molecule has 1 atom stereocenters. The number of carbonyl (C=O) groups excluding carboxylic acids is 1. The summed E-state index contributed by atoms with van der Waals surface area (Å²) in [5, 5.41) is 12.0. The number of amides is 1. The van der Waals surface area contributed by atoms with Gasteiger partial charge in [-0.1, -0.05) is 13.0 Å². The maximum absolute atomic E-state index is 16.7. The molecule has 2 saturated heterocycles. The van der Waals surface area contributed by atoms with E-state index in [0.717, 1.165) is 32.1 Å². The van der Waals surface area contributed by atoms with E-state index in [9.17, 15) is 14.3 Å². The topological polar surface area (TPSA) is 124 Å². The van der Waals surface area contributed by atoms with Crippen LogP contribution in [-0.4, -0.2) is 57.9 Å². The van der Waals surface area contributed by atoms with Crippen LogP contribution in [0.15, 0.2) is 30.5 Å². The van der Waals surface area contributed by atoms with E-state index in [-0.39, 0.29) is 52.6 Å². The lowest BCUT2D eigenvalue weighted by molar-refractivity contribution is -0.151. The third kappa shape index (κ3) is 4.89. The molecule has 3 N–H and O–H groups in total. The number of pyridine rings is 1. The summed E-state index contributed by atoms with van der Waals surface area (Å²) in [6.45, 7) is 4.02. The number of hydrogen-bond donors (Lipinski definition) is 2. The molecule has 2 aromatic heterocycles. The molecule has 3 fully saturated rings. The Morgan fingerprint density at radius 1 is 1.19 bits per heavy atom. The number of nitrogens with two attached hydrogens (primary N) is 1.